The molecule has 0 heterocycles. The fraction of sp³-hybridized carbons (Fsp3) is 0.0952. The van der Waals surface area contributed by atoms with Gasteiger partial charge in [0, 0.05) is 17.3 Å². The molecule has 0 spiro atoms. The molecular formula is C21H17Cl2NO3. The summed E-state index contributed by atoms with van der Waals surface area (Å²) in [5.41, 5.74) is 2.80. The maximum absolute atomic E-state index is 11.2. The largest absolute Gasteiger partial charge is 0.489 e. The maximum Gasteiger partial charge on any atom is 0.337 e. The molecule has 3 aromatic carbocycles. The van der Waals surface area contributed by atoms with Crippen LogP contribution in [0.5, 0.6) is 5.75 Å². The van der Waals surface area contributed by atoms with Gasteiger partial charge in [-0.25, -0.2) is 4.79 Å². The molecule has 2 N–H and O–H groups in total. The van der Waals surface area contributed by atoms with Gasteiger partial charge in [0.15, 0.2) is 0 Å². The van der Waals surface area contributed by atoms with Gasteiger partial charge in [-0.05, 0) is 53.6 Å². The van der Waals surface area contributed by atoms with E-state index in [2.05, 4.69) is 5.32 Å². The normalized spacial score (nSPS) is 10.4. The number of hydrogen-bond acceptors (Lipinski definition) is 3. The Kier molecular flexibility index (Phi) is 6.22. The van der Waals surface area contributed by atoms with E-state index in [1.807, 2.05) is 48.5 Å². The predicted molar refractivity (Wildman–Crippen MR) is 108 cm³/mol. The van der Waals surface area contributed by atoms with Crippen molar-refractivity contribution in [3.8, 4) is 5.75 Å². The first kappa shape index (κ1) is 19.1. The van der Waals surface area contributed by atoms with E-state index in [-0.39, 0.29) is 10.6 Å². The molecule has 0 aliphatic rings. The zero-order valence-corrected chi connectivity index (χ0v) is 15.8. The molecule has 0 fully saturated rings. The van der Waals surface area contributed by atoms with E-state index < -0.39 is 5.97 Å². The summed E-state index contributed by atoms with van der Waals surface area (Å²) in [6, 6.07) is 20.1. The third-order valence-corrected chi connectivity index (χ3v) is 4.49. The molecule has 0 saturated carbocycles. The predicted octanol–water partition coefficient (Wildman–Crippen LogP) is 5.88. The zero-order valence-electron chi connectivity index (χ0n) is 14.3. The summed E-state index contributed by atoms with van der Waals surface area (Å²) < 4.78 is 5.82. The molecule has 0 aromatic heterocycles. The van der Waals surface area contributed by atoms with E-state index in [1.54, 1.807) is 12.1 Å². The van der Waals surface area contributed by atoms with Crippen LogP contribution in [0.2, 0.25) is 10.0 Å². The highest BCUT2D eigenvalue weighted by Gasteiger charge is 2.09. The smallest absolute Gasteiger partial charge is 0.337 e. The van der Waals surface area contributed by atoms with E-state index in [1.165, 1.54) is 6.07 Å². The second kappa shape index (κ2) is 8.80. The van der Waals surface area contributed by atoms with Gasteiger partial charge in [-0.2, -0.15) is 0 Å². The lowest BCUT2D eigenvalue weighted by Crippen LogP contribution is -2.03. The number of carboxylic acid groups (broad SMARTS) is 1. The van der Waals surface area contributed by atoms with Gasteiger partial charge >= 0.3 is 5.97 Å². The Hall–Kier alpha value is -2.69. The lowest BCUT2D eigenvalue weighted by molar-refractivity contribution is 0.0697. The molecule has 0 aliphatic heterocycles. The van der Waals surface area contributed by atoms with Crippen LogP contribution in [0, 0.1) is 0 Å². The Morgan fingerprint density at radius 1 is 0.963 bits per heavy atom. The number of ether oxygens (including phenoxy) is 1. The molecule has 0 saturated heterocycles. The minimum absolute atomic E-state index is 0.0710. The minimum atomic E-state index is -1.05. The third-order valence-electron chi connectivity index (χ3n) is 3.91. The van der Waals surface area contributed by atoms with Gasteiger partial charge in [0.2, 0.25) is 0 Å². The molecule has 3 rings (SSSR count). The molecule has 0 amide bonds. The Morgan fingerprint density at radius 3 is 2.48 bits per heavy atom. The van der Waals surface area contributed by atoms with Crippen LogP contribution in [-0.4, -0.2) is 11.1 Å². The van der Waals surface area contributed by atoms with Crippen molar-refractivity contribution < 1.29 is 14.6 Å². The van der Waals surface area contributed by atoms with Gasteiger partial charge in [0.05, 0.1) is 10.6 Å². The molecule has 0 radical (unpaired) electrons. The Balaban J connectivity index is 1.61. The molecule has 27 heavy (non-hydrogen) atoms. The standard InChI is InChI=1S/C21H17Cl2NO3/c22-16-6-4-14(5-7-16)13-27-18-3-1-2-15(10-18)12-24-17-8-9-20(23)19(11-17)21(25)26/h1-11,24H,12-13H2,(H,25,26). The van der Waals surface area contributed by atoms with Crippen molar-refractivity contribution in [2.45, 2.75) is 13.2 Å². The minimum Gasteiger partial charge on any atom is -0.489 e. The molecule has 138 valence electrons. The van der Waals surface area contributed by atoms with E-state index in [0.717, 1.165) is 16.9 Å². The van der Waals surface area contributed by atoms with Crippen LogP contribution in [0.15, 0.2) is 66.7 Å². The van der Waals surface area contributed by atoms with Gasteiger partial charge in [0.25, 0.3) is 0 Å². The van der Waals surface area contributed by atoms with E-state index in [0.29, 0.717) is 23.9 Å². The summed E-state index contributed by atoms with van der Waals surface area (Å²) in [5, 5.41) is 13.3. The van der Waals surface area contributed by atoms with Crippen LogP contribution in [0.1, 0.15) is 21.5 Å². The Labute approximate surface area is 167 Å². The number of aromatic carboxylic acids is 1. The summed E-state index contributed by atoms with van der Waals surface area (Å²) in [5.74, 6) is -0.298. The van der Waals surface area contributed by atoms with Gasteiger partial charge in [0.1, 0.15) is 12.4 Å². The molecule has 0 unspecified atom stereocenters. The molecule has 4 nitrogen and oxygen atoms in total. The van der Waals surface area contributed by atoms with Crippen LogP contribution in [0.25, 0.3) is 0 Å². The number of carboxylic acids is 1. The third kappa shape index (κ3) is 5.39. The lowest BCUT2D eigenvalue weighted by atomic mass is 10.1. The van der Waals surface area contributed by atoms with Gasteiger partial charge in [-0.1, -0.05) is 47.5 Å². The second-order valence-electron chi connectivity index (χ2n) is 5.92. The highest BCUT2D eigenvalue weighted by molar-refractivity contribution is 6.33. The number of anilines is 1. The van der Waals surface area contributed by atoms with Crippen LogP contribution in [0.4, 0.5) is 5.69 Å². The molecule has 6 heteroatoms. The molecular weight excluding hydrogens is 385 g/mol. The van der Waals surface area contributed by atoms with Crippen molar-refractivity contribution in [1.29, 1.82) is 0 Å². The number of carbonyl (C=O) groups is 1. The highest BCUT2D eigenvalue weighted by Crippen LogP contribution is 2.22. The van der Waals surface area contributed by atoms with Crippen molar-refractivity contribution in [3.05, 3.63) is 93.5 Å². The van der Waals surface area contributed by atoms with Crippen molar-refractivity contribution in [2.24, 2.45) is 0 Å². The molecule has 3 aromatic rings. The number of benzene rings is 3. The van der Waals surface area contributed by atoms with Crippen molar-refractivity contribution >= 4 is 34.9 Å². The van der Waals surface area contributed by atoms with Crippen LogP contribution in [-0.2, 0) is 13.2 Å². The first-order valence-corrected chi connectivity index (χ1v) is 9.00. The number of hydrogen-bond donors (Lipinski definition) is 2. The van der Waals surface area contributed by atoms with Gasteiger partial charge < -0.3 is 15.2 Å². The highest BCUT2D eigenvalue weighted by atomic mass is 35.5. The zero-order chi connectivity index (χ0) is 19.2. The first-order valence-electron chi connectivity index (χ1n) is 8.24. The molecule has 0 bridgehead atoms. The summed E-state index contributed by atoms with van der Waals surface area (Å²) >= 11 is 11.8. The topological polar surface area (TPSA) is 58.6 Å². The fourth-order valence-electron chi connectivity index (χ4n) is 2.50. The van der Waals surface area contributed by atoms with E-state index in [4.69, 9.17) is 33.0 Å². The molecule has 0 aliphatic carbocycles. The fourth-order valence-corrected chi connectivity index (χ4v) is 2.82. The summed E-state index contributed by atoms with van der Waals surface area (Å²) in [6.45, 7) is 0.978. The molecule has 0 atom stereocenters. The number of halogens is 2. The maximum atomic E-state index is 11.2. The summed E-state index contributed by atoms with van der Waals surface area (Å²) in [6.07, 6.45) is 0. The van der Waals surface area contributed by atoms with Crippen molar-refractivity contribution in [2.75, 3.05) is 5.32 Å². The number of nitrogens with one attached hydrogen (secondary N) is 1. The average molecular weight is 402 g/mol. The lowest BCUT2D eigenvalue weighted by Gasteiger charge is -2.11. The first-order chi connectivity index (χ1) is 13.0. The van der Waals surface area contributed by atoms with Gasteiger partial charge in [-0.3, -0.25) is 0 Å². The SMILES string of the molecule is O=C(O)c1cc(NCc2cccc(OCc3ccc(Cl)cc3)c2)ccc1Cl. The van der Waals surface area contributed by atoms with Crippen LogP contribution >= 0.6 is 23.2 Å². The van der Waals surface area contributed by atoms with E-state index >= 15 is 0 Å². The second-order valence-corrected chi connectivity index (χ2v) is 6.76. The van der Waals surface area contributed by atoms with Crippen molar-refractivity contribution in [1.82, 2.24) is 0 Å². The van der Waals surface area contributed by atoms with Crippen LogP contribution < -0.4 is 10.1 Å². The number of rotatable bonds is 7. The van der Waals surface area contributed by atoms with Crippen molar-refractivity contribution in [3.63, 3.8) is 0 Å². The Morgan fingerprint density at radius 2 is 1.74 bits per heavy atom. The summed E-state index contributed by atoms with van der Waals surface area (Å²) in [4.78, 5) is 11.2. The van der Waals surface area contributed by atoms with Gasteiger partial charge in [-0.15, -0.1) is 0 Å². The summed E-state index contributed by atoms with van der Waals surface area (Å²) in [7, 11) is 0. The van der Waals surface area contributed by atoms with E-state index in [9.17, 15) is 4.79 Å². The monoisotopic (exact) mass is 401 g/mol. The average Bonchev–Trinajstić information content (AvgIpc) is 2.67. The Bertz CT molecular complexity index is 942. The quantitative estimate of drug-likeness (QED) is 0.518. The van der Waals surface area contributed by atoms with Crippen LogP contribution in [0.3, 0.4) is 0 Å².